The van der Waals surface area contributed by atoms with Crippen LogP contribution >= 0.6 is 0 Å². The second kappa shape index (κ2) is 9.93. The predicted molar refractivity (Wildman–Crippen MR) is 112 cm³/mol. The highest BCUT2D eigenvalue weighted by molar-refractivity contribution is 5.95. The van der Waals surface area contributed by atoms with Crippen LogP contribution in [0.4, 0.5) is 4.79 Å². The Morgan fingerprint density at radius 2 is 1.73 bits per heavy atom. The highest BCUT2D eigenvalue weighted by Crippen LogP contribution is 2.32. The molecule has 0 fully saturated rings. The van der Waals surface area contributed by atoms with Gasteiger partial charge < -0.3 is 19.5 Å². The minimum atomic E-state index is -0.620. The number of urea groups is 1. The highest BCUT2D eigenvalue weighted by atomic mass is 16.6. The lowest BCUT2D eigenvalue weighted by Gasteiger charge is -2.35. The van der Waals surface area contributed by atoms with E-state index >= 15 is 0 Å². The molecule has 0 aliphatic carbocycles. The molecular formula is C23H26N2O5. The van der Waals surface area contributed by atoms with Gasteiger partial charge in [-0.15, -0.1) is 0 Å². The molecule has 30 heavy (non-hydrogen) atoms. The molecule has 0 saturated heterocycles. The fourth-order valence-corrected chi connectivity index (χ4v) is 3.34. The SMILES string of the molecule is COCCOC(=O)C1=C(C)N(Cc2ccccc2)C(=O)N[C@H]1c1ccc(OC)cc1. The summed E-state index contributed by atoms with van der Waals surface area (Å²) in [6.07, 6.45) is 0. The first-order valence-corrected chi connectivity index (χ1v) is 9.68. The standard InChI is InChI=1S/C23H26N2O5/c1-16-20(22(26)30-14-13-28-2)21(18-9-11-19(29-3)12-10-18)24-23(27)25(16)15-17-7-5-4-6-8-17/h4-12,21H,13-15H2,1-3H3,(H,24,27)/t21-/m0/s1. The van der Waals surface area contributed by atoms with E-state index in [1.165, 1.54) is 0 Å². The number of hydrogen-bond acceptors (Lipinski definition) is 5. The molecule has 1 aliphatic rings. The van der Waals surface area contributed by atoms with Crippen LogP contribution in [0.5, 0.6) is 5.75 Å². The molecule has 1 aliphatic heterocycles. The highest BCUT2D eigenvalue weighted by Gasteiger charge is 2.36. The number of carbonyl (C=O) groups excluding carboxylic acids is 2. The molecule has 0 radical (unpaired) electrons. The van der Waals surface area contributed by atoms with E-state index in [0.29, 0.717) is 30.2 Å². The first kappa shape index (κ1) is 21.4. The molecule has 0 bridgehead atoms. The Morgan fingerprint density at radius 1 is 1.03 bits per heavy atom. The summed E-state index contributed by atoms with van der Waals surface area (Å²) in [5.74, 6) is 0.208. The van der Waals surface area contributed by atoms with Gasteiger partial charge in [-0.3, -0.25) is 4.90 Å². The van der Waals surface area contributed by atoms with Gasteiger partial charge in [0.25, 0.3) is 0 Å². The molecule has 0 aromatic heterocycles. The number of methoxy groups -OCH3 is 2. The van der Waals surface area contributed by atoms with Gasteiger partial charge in [0.1, 0.15) is 12.4 Å². The minimum absolute atomic E-state index is 0.133. The van der Waals surface area contributed by atoms with E-state index in [-0.39, 0.29) is 12.6 Å². The van der Waals surface area contributed by atoms with E-state index < -0.39 is 12.0 Å². The third-order valence-electron chi connectivity index (χ3n) is 4.97. The molecular weight excluding hydrogens is 384 g/mol. The maximum absolute atomic E-state index is 13.0. The molecule has 2 aromatic carbocycles. The number of rotatable bonds is 8. The van der Waals surface area contributed by atoms with E-state index in [1.807, 2.05) is 42.5 Å². The number of hydrogen-bond donors (Lipinski definition) is 1. The Hall–Kier alpha value is -3.32. The van der Waals surface area contributed by atoms with Crippen molar-refractivity contribution in [3.05, 3.63) is 77.0 Å². The summed E-state index contributed by atoms with van der Waals surface area (Å²) < 4.78 is 15.6. The third kappa shape index (κ3) is 4.80. The third-order valence-corrected chi connectivity index (χ3v) is 4.97. The molecule has 3 rings (SSSR count). The molecule has 1 N–H and O–H groups in total. The maximum atomic E-state index is 13.0. The lowest BCUT2D eigenvalue weighted by atomic mass is 9.94. The van der Waals surface area contributed by atoms with Gasteiger partial charge in [-0.1, -0.05) is 42.5 Å². The first-order chi connectivity index (χ1) is 14.5. The van der Waals surface area contributed by atoms with Crippen LogP contribution in [-0.2, 0) is 20.8 Å². The zero-order valence-electron chi connectivity index (χ0n) is 17.4. The van der Waals surface area contributed by atoms with Crippen LogP contribution in [-0.4, -0.2) is 44.3 Å². The summed E-state index contributed by atoms with van der Waals surface area (Å²) in [6, 6.07) is 16.0. The molecule has 0 unspecified atom stereocenters. The van der Waals surface area contributed by atoms with Crippen molar-refractivity contribution in [2.45, 2.75) is 19.5 Å². The van der Waals surface area contributed by atoms with Gasteiger partial charge in [-0.25, -0.2) is 9.59 Å². The first-order valence-electron chi connectivity index (χ1n) is 9.68. The fraction of sp³-hybridized carbons (Fsp3) is 0.304. The summed E-state index contributed by atoms with van der Waals surface area (Å²) in [7, 11) is 3.13. The summed E-state index contributed by atoms with van der Waals surface area (Å²) in [5.41, 5.74) is 2.68. The number of ether oxygens (including phenoxy) is 3. The molecule has 1 atom stereocenters. The molecule has 158 valence electrons. The Bertz CT molecular complexity index is 909. The number of nitrogens with zero attached hydrogens (tertiary/aromatic N) is 1. The number of carbonyl (C=O) groups is 2. The average molecular weight is 410 g/mol. The molecule has 2 aromatic rings. The summed E-state index contributed by atoms with van der Waals surface area (Å²) in [5, 5.41) is 2.95. The number of nitrogens with one attached hydrogen (secondary N) is 1. The van der Waals surface area contributed by atoms with Gasteiger partial charge in [0, 0.05) is 12.8 Å². The molecule has 2 amide bonds. The second-order valence-corrected chi connectivity index (χ2v) is 6.86. The van der Waals surface area contributed by atoms with E-state index in [2.05, 4.69) is 5.32 Å². The quantitative estimate of drug-likeness (QED) is 0.533. The topological polar surface area (TPSA) is 77.1 Å². The van der Waals surface area contributed by atoms with Crippen molar-refractivity contribution in [1.82, 2.24) is 10.2 Å². The Kier molecular flexibility index (Phi) is 7.08. The van der Waals surface area contributed by atoms with Gasteiger partial charge in [0.15, 0.2) is 0 Å². The van der Waals surface area contributed by atoms with E-state index in [1.54, 1.807) is 38.2 Å². The van der Waals surface area contributed by atoms with Crippen LogP contribution in [0.3, 0.4) is 0 Å². The lowest BCUT2D eigenvalue weighted by Crippen LogP contribution is -2.47. The van der Waals surface area contributed by atoms with Crippen LogP contribution in [0.15, 0.2) is 65.9 Å². The van der Waals surface area contributed by atoms with Crippen molar-refractivity contribution >= 4 is 12.0 Å². The van der Waals surface area contributed by atoms with Crippen LogP contribution in [0, 0.1) is 0 Å². The predicted octanol–water partition coefficient (Wildman–Crippen LogP) is 3.43. The monoisotopic (exact) mass is 410 g/mol. The Balaban J connectivity index is 1.96. The Morgan fingerprint density at radius 3 is 2.37 bits per heavy atom. The van der Waals surface area contributed by atoms with Gasteiger partial charge >= 0.3 is 12.0 Å². The van der Waals surface area contributed by atoms with Crippen molar-refractivity contribution in [2.24, 2.45) is 0 Å². The number of allylic oxidation sites excluding steroid dienone is 1. The van der Waals surface area contributed by atoms with Crippen molar-refractivity contribution < 1.29 is 23.8 Å². The van der Waals surface area contributed by atoms with Crippen molar-refractivity contribution in [3.8, 4) is 5.75 Å². The number of amides is 2. The smallest absolute Gasteiger partial charge is 0.338 e. The van der Waals surface area contributed by atoms with E-state index in [4.69, 9.17) is 14.2 Å². The molecule has 7 nitrogen and oxygen atoms in total. The van der Waals surface area contributed by atoms with Gasteiger partial charge in [0.05, 0.1) is 31.9 Å². The normalized spacial score (nSPS) is 16.3. The second-order valence-electron chi connectivity index (χ2n) is 6.86. The van der Waals surface area contributed by atoms with Crippen LogP contribution in [0.1, 0.15) is 24.1 Å². The summed E-state index contributed by atoms with van der Waals surface area (Å²) >= 11 is 0. The molecule has 0 saturated carbocycles. The van der Waals surface area contributed by atoms with Crippen molar-refractivity contribution in [2.75, 3.05) is 27.4 Å². The van der Waals surface area contributed by atoms with Gasteiger partial charge in [0.2, 0.25) is 0 Å². The van der Waals surface area contributed by atoms with Crippen molar-refractivity contribution in [1.29, 1.82) is 0 Å². The summed E-state index contributed by atoms with van der Waals surface area (Å²) in [4.78, 5) is 27.4. The zero-order chi connectivity index (χ0) is 21.5. The summed E-state index contributed by atoms with van der Waals surface area (Å²) in [6.45, 7) is 2.55. The van der Waals surface area contributed by atoms with Crippen LogP contribution in [0.25, 0.3) is 0 Å². The largest absolute Gasteiger partial charge is 0.497 e. The number of esters is 1. The van der Waals surface area contributed by atoms with E-state index in [0.717, 1.165) is 11.1 Å². The fourth-order valence-electron chi connectivity index (χ4n) is 3.34. The molecule has 7 heteroatoms. The average Bonchev–Trinajstić information content (AvgIpc) is 2.77. The maximum Gasteiger partial charge on any atom is 0.338 e. The van der Waals surface area contributed by atoms with Crippen LogP contribution < -0.4 is 10.1 Å². The number of benzene rings is 2. The lowest BCUT2D eigenvalue weighted by molar-refractivity contribution is -0.140. The van der Waals surface area contributed by atoms with E-state index in [9.17, 15) is 9.59 Å². The minimum Gasteiger partial charge on any atom is -0.497 e. The van der Waals surface area contributed by atoms with Crippen LogP contribution in [0.2, 0.25) is 0 Å². The molecule has 1 heterocycles. The van der Waals surface area contributed by atoms with Gasteiger partial charge in [-0.2, -0.15) is 0 Å². The zero-order valence-corrected chi connectivity index (χ0v) is 17.4. The molecule has 0 spiro atoms. The van der Waals surface area contributed by atoms with Gasteiger partial charge in [-0.05, 0) is 30.2 Å². The van der Waals surface area contributed by atoms with Crippen molar-refractivity contribution in [3.63, 3.8) is 0 Å². The Labute approximate surface area is 176 Å².